The van der Waals surface area contributed by atoms with Crippen LogP contribution in [0.3, 0.4) is 0 Å². The summed E-state index contributed by atoms with van der Waals surface area (Å²) in [6.45, 7) is 8.22. The fourth-order valence-electron chi connectivity index (χ4n) is 4.59. The molecule has 0 unspecified atom stereocenters. The van der Waals surface area contributed by atoms with Gasteiger partial charge in [-0.15, -0.1) is 0 Å². The van der Waals surface area contributed by atoms with Crippen LogP contribution >= 0.6 is 0 Å². The number of hydrogen-bond donors (Lipinski definition) is 3. The summed E-state index contributed by atoms with van der Waals surface area (Å²) in [6.07, 6.45) is 10.1. The molecule has 1 aliphatic heterocycles. The Bertz CT molecular complexity index is 905. The van der Waals surface area contributed by atoms with Crippen LogP contribution in [0.4, 0.5) is 0 Å². The van der Waals surface area contributed by atoms with Crippen LogP contribution in [0.1, 0.15) is 113 Å². The van der Waals surface area contributed by atoms with Crippen LogP contribution in [0.2, 0.25) is 0 Å². The molecule has 1 aromatic rings. The number of unbranched alkanes of at least 4 members (excludes halogenated alkanes) is 4. The molecule has 1 aromatic heterocycles. The number of nitrogens with one attached hydrogen (secondary N) is 2. The van der Waals surface area contributed by atoms with Crippen molar-refractivity contribution in [3.8, 4) is 0 Å². The van der Waals surface area contributed by atoms with Crippen molar-refractivity contribution in [3.05, 3.63) is 39.4 Å². The summed E-state index contributed by atoms with van der Waals surface area (Å²) >= 11 is 0. The van der Waals surface area contributed by atoms with Crippen molar-refractivity contribution in [2.24, 2.45) is 0 Å². The lowest BCUT2D eigenvalue weighted by atomic mass is 9.98. The Kier molecular flexibility index (Phi) is 9.95. The third kappa shape index (κ3) is 6.21. The van der Waals surface area contributed by atoms with Gasteiger partial charge in [0.15, 0.2) is 5.78 Å². The highest BCUT2D eigenvalue weighted by atomic mass is 16.4. The van der Waals surface area contributed by atoms with Gasteiger partial charge in [-0.3, -0.25) is 14.4 Å². The van der Waals surface area contributed by atoms with Crippen molar-refractivity contribution >= 4 is 23.7 Å². The van der Waals surface area contributed by atoms with Crippen LogP contribution in [-0.2, 0) is 22.4 Å². The molecular weight excluding hydrogens is 404 g/mol. The van der Waals surface area contributed by atoms with Crippen molar-refractivity contribution in [3.63, 3.8) is 0 Å². The molecule has 0 fully saturated rings. The van der Waals surface area contributed by atoms with E-state index >= 15 is 0 Å². The van der Waals surface area contributed by atoms with Crippen LogP contribution in [0.15, 0.2) is 16.8 Å². The molecule has 0 radical (unpaired) electrons. The highest BCUT2D eigenvalue weighted by molar-refractivity contribution is 6.01. The molecule has 176 valence electrons. The van der Waals surface area contributed by atoms with Gasteiger partial charge in [0.2, 0.25) is 0 Å². The summed E-state index contributed by atoms with van der Waals surface area (Å²) in [5, 5.41) is 11.7. The van der Waals surface area contributed by atoms with Gasteiger partial charge >= 0.3 is 5.97 Å². The molecule has 0 aromatic carbocycles. The lowest BCUT2D eigenvalue weighted by Crippen LogP contribution is -2.16. The Balaban J connectivity index is 2.14. The molecule has 2 heterocycles. The quantitative estimate of drug-likeness (QED) is 0.253. The van der Waals surface area contributed by atoms with Crippen molar-refractivity contribution in [2.45, 2.75) is 98.3 Å². The Morgan fingerprint density at radius 3 is 1.97 bits per heavy atom. The van der Waals surface area contributed by atoms with Gasteiger partial charge in [0.1, 0.15) is 0 Å². The van der Waals surface area contributed by atoms with Crippen molar-refractivity contribution < 1.29 is 19.5 Å². The second-order valence-corrected chi connectivity index (χ2v) is 8.34. The number of rotatable bonds is 14. The van der Waals surface area contributed by atoms with Gasteiger partial charge < -0.3 is 15.4 Å². The highest BCUT2D eigenvalue weighted by Gasteiger charge is 2.26. The first-order valence-corrected chi connectivity index (χ1v) is 12.1. The molecule has 6 heteroatoms. The van der Waals surface area contributed by atoms with E-state index in [2.05, 4.69) is 31.1 Å². The van der Waals surface area contributed by atoms with Gasteiger partial charge in [-0.1, -0.05) is 47.0 Å². The number of amides is 1. The van der Waals surface area contributed by atoms with E-state index in [-0.39, 0.29) is 18.1 Å². The predicted octanol–water partition coefficient (Wildman–Crippen LogP) is 5.72. The molecule has 2 rings (SSSR count). The third-order valence-electron chi connectivity index (χ3n) is 6.24. The summed E-state index contributed by atoms with van der Waals surface area (Å²) < 4.78 is 0. The lowest BCUT2D eigenvalue weighted by Gasteiger charge is -2.05. The minimum Gasteiger partial charge on any atom is -0.481 e. The Labute approximate surface area is 191 Å². The average molecular weight is 443 g/mol. The number of aromatic amines is 1. The number of aromatic nitrogens is 1. The second-order valence-electron chi connectivity index (χ2n) is 8.34. The minimum absolute atomic E-state index is 0.0180. The van der Waals surface area contributed by atoms with E-state index < -0.39 is 5.97 Å². The summed E-state index contributed by atoms with van der Waals surface area (Å²) in [6, 6.07) is 0. The van der Waals surface area contributed by atoms with E-state index in [4.69, 9.17) is 5.11 Å². The standard InChI is InChI=1S/C26H38N2O4/c1-5-17-19(7-3)25(23(29)14-12-10-9-11-13-15-24(30)31)27-21(17)16-22-18(6-2)20(8-4)26(32)28-22/h16,27H,5-15H2,1-4H3,(H,28,32)(H,30,31)/b22-16+. The van der Waals surface area contributed by atoms with E-state index in [1.165, 1.54) is 0 Å². The molecule has 6 nitrogen and oxygen atoms in total. The zero-order valence-corrected chi connectivity index (χ0v) is 20.0. The molecule has 0 bridgehead atoms. The van der Waals surface area contributed by atoms with Gasteiger partial charge in [0.25, 0.3) is 5.91 Å². The van der Waals surface area contributed by atoms with Crippen molar-refractivity contribution in [1.82, 2.24) is 10.3 Å². The number of H-pyrrole nitrogens is 1. The molecule has 1 amide bonds. The van der Waals surface area contributed by atoms with Crippen molar-refractivity contribution in [1.29, 1.82) is 0 Å². The van der Waals surface area contributed by atoms with E-state index in [9.17, 15) is 14.4 Å². The molecule has 0 atom stereocenters. The smallest absolute Gasteiger partial charge is 0.303 e. The fraction of sp³-hybridized carbons (Fsp3) is 0.577. The van der Waals surface area contributed by atoms with Gasteiger partial charge in [0.05, 0.1) is 5.69 Å². The van der Waals surface area contributed by atoms with Crippen LogP contribution in [-0.4, -0.2) is 27.8 Å². The van der Waals surface area contributed by atoms with Crippen LogP contribution < -0.4 is 5.32 Å². The molecule has 3 N–H and O–H groups in total. The number of carbonyl (C=O) groups is 3. The average Bonchev–Trinajstić information content (AvgIpc) is 3.28. The van der Waals surface area contributed by atoms with E-state index in [1.807, 2.05) is 13.0 Å². The highest BCUT2D eigenvalue weighted by Crippen LogP contribution is 2.30. The monoisotopic (exact) mass is 442 g/mol. The summed E-state index contributed by atoms with van der Waals surface area (Å²) in [5.74, 6) is -0.639. The SMILES string of the molecule is CCC1=C(CC)/C(=C\c2[nH]c(C(=O)CCCCCCCC(=O)O)c(CC)c2CC)NC1=O. The molecular formula is C26H38N2O4. The number of carboxylic acids is 1. The molecule has 0 saturated heterocycles. The maximum atomic E-state index is 13.0. The predicted molar refractivity (Wildman–Crippen MR) is 128 cm³/mol. The summed E-state index contributed by atoms with van der Waals surface area (Å²) in [7, 11) is 0. The summed E-state index contributed by atoms with van der Waals surface area (Å²) in [5.41, 5.74) is 6.58. The lowest BCUT2D eigenvalue weighted by molar-refractivity contribution is -0.137. The van der Waals surface area contributed by atoms with E-state index in [1.54, 1.807) is 0 Å². The maximum Gasteiger partial charge on any atom is 0.303 e. The molecule has 0 spiro atoms. The number of carboxylic acid groups (broad SMARTS) is 1. The van der Waals surface area contributed by atoms with Gasteiger partial charge in [-0.25, -0.2) is 0 Å². The first-order valence-electron chi connectivity index (χ1n) is 12.1. The topological polar surface area (TPSA) is 99.3 Å². The van der Waals surface area contributed by atoms with Gasteiger partial charge in [0, 0.05) is 29.8 Å². The van der Waals surface area contributed by atoms with Crippen molar-refractivity contribution in [2.75, 3.05) is 0 Å². The Hall–Kier alpha value is -2.63. The van der Waals surface area contributed by atoms with Crippen LogP contribution in [0, 0.1) is 0 Å². The Morgan fingerprint density at radius 1 is 0.812 bits per heavy atom. The second kappa shape index (κ2) is 12.4. The molecule has 1 aliphatic rings. The maximum absolute atomic E-state index is 13.0. The number of carbonyl (C=O) groups excluding carboxylic acids is 2. The normalized spacial score (nSPS) is 15.0. The third-order valence-corrected chi connectivity index (χ3v) is 6.24. The zero-order valence-electron chi connectivity index (χ0n) is 20.0. The van der Waals surface area contributed by atoms with Crippen LogP contribution in [0.5, 0.6) is 0 Å². The fourth-order valence-corrected chi connectivity index (χ4v) is 4.59. The van der Waals surface area contributed by atoms with Gasteiger partial charge in [-0.2, -0.15) is 0 Å². The zero-order chi connectivity index (χ0) is 23.7. The van der Waals surface area contributed by atoms with E-state index in [0.717, 1.165) is 78.6 Å². The summed E-state index contributed by atoms with van der Waals surface area (Å²) in [4.78, 5) is 39.2. The molecule has 0 aliphatic carbocycles. The van der Waals surface area contributed by atoms with Crippen LogP contribution in [0.25, 0.3) is 6.08 Å². The molecule has 0 saturated carbocycles. The first kappa shape index (κ1) is 25.6. The number of Topliss-reactive ketones (excluding diaryl/α,β-unsaturated/α-hetero) is 1. The van der Waals surface area contributed by atoms with E-state index in [0.29, 0.717) is 25.0 Å². The number of hydrogen-bond acceptors (Lipinski definition) is 3. The van der Waals surface area contributed by atoms with Gasteiger partial charge in [-0.05, 0) is 61.3 Å². The first-order chi connectivity index (χ1) is 15.4. The minimum atomic E-state index is -0.749. The molecule has 32 heavy (non-hydrogen) atoms. The number of allylic oxidation sites excluding steroid dienone is 1. The Morgan fingerprint density at radius 2 is 1.41 bits per heavy atom. The number of ketones is 1. The number of aliphatic carboxylic acids is 1. The largest absolute Gasteiger partial charge is 0.481 e.